The number of hydrogen-bond acceptors (Lipinski definition) is 2. The molecule has 0 unspecified atom stereocenters. The molecule has 4 heteroatoms. The highest BCUT2D eigenvalue weighted by atomic mass is 79.9. The van der Waals surface area contributed by atoms with E-state index < -0.39 is 0 Å². The Morgan fingerprint density at radius 3 is 2.59 bits per heavy atom. The van der Waals surface area contributed by atoms with Crippen LogP contribution in [-0.4, -0.2) is 18.2 Å². The topological polar surface area (TPSA) is 37.4 Å². The number of aryl methyl sites for hydroxylation is 1. The van der Waals surface area contributed by atoms with Gasteiger partial charge in [0.05, 0.1) is 0 Å². The summed E-state index contributed by atoms with van der Waals surface area (Å²) in [6.07, 6.45) is 1.92. The number of ketones is 1. The van der Waals surface area contributed by atoms with Crippen LogP contribution < -0.4 is 4.90 Å². The lowest BCUT2D eigenvalue weighted by Gasteiger charge is -2.29. The molecule has 1 aromatic carbocycles. The number of hydrogen-bond donors (Lipinski definition) is 0. The first-order valence-electron chi connectivity index (χ1n) is 5.62. The van der Waals surface area contributed by atoms with Gasteiger partial charge >= 0.3 is 0 Å². The summed E-state index contributed by atoms with van der Waals surface area (Å²) in [5.74, 6) is 0.0384. The van der Waals surface area contributed by atoms with E-state index in [0.717, 1.165) is 35.1 Å². The van der Waals surface area contributed by atoms with Crippen LogP contribution in [0.2, 0.25) is 0 Å². The molecule has 90 valence electrons. The Morgan fingerprint density at radius 2 is 2.00 bits per heavy atom. The van der Waals surface area contributed by atoms with Gasteiger partial charge in [0.15, 0.2) is 5.78 Å². The van der Waals surface area contributed by atoms with Crippen LogP contribution in [0.4, 0.5) is 5.69 Å². The van der Waals surface area contributed by atoms with Crippen LogP contribution in [0.25, 0.3) is 0 Å². The van der Waals surface area contributed by atoms with Gasteiger partial charge in [0.1, 0.15) is 0 Å². The van der Waals surface area contributed by atoms with Crippen LogP contribution >= 0.6 is 15.9 Å². The molecule has 0 atom stereocenters. The molecule has 1 aliphatic rings. The molecule has 1 heterocycles. The average molecular weight is 296 g/mol. The number of nitrogens with zero attached hydrogens (tertiary/aromatic N) is 1. The van der Waals surface area contributed by atoms with Gasteiger partial charge in [-0.2, -0.15) is 0 Å². The SMILES string of the molecule is CC(=O)c1cc2c(cc1Br)CCCN2C(C)=O. The van der Waals surface area contributed by atoms with E-state index in [4.69, 9.17) is 0 Å². The molecule has 0 saturated carbocycles. The fraction of sp³-hybridized carbons (Fsp3) is 0.385. The van der Waals surface area contributed by atoms with Gasteiger partial charge in [-0.1, -0.05) is 15.9 Å². The van der Waals surface area contributed by atoms with Gasteiger partial charge in [-0.15, -0.1) is 0 Å². The largest absolute Gasteiger partial charge is 0.312 e. The summed E-state index contributed by atoms with van der Waals surface area (Å²) in [6.45, 7) is 3.83. The number of rotatable bonds is 1. The van der Waals surface area contributed by atoms with Crippen molar-refractivity contribution in [3.05, 3.63) is 27.7 Å². The fourth-order valence-electron chi connectivity index (χ4n) is 2.20. The van der Waals surface area contributed by atoms with Crippen LogP contribution in [0.5, 0.6) is 0 Å². The monoisotopic (exact) mass is 295 g/mol. The van der Waals surface area contributed by atoms with Crippen LogP contribution in [-0.2, 0) is 11.2 Å². The molecule has 0 aliphatic carbocycles. The van der Waals surface area contributed by atoms with E-state index in [1.807, 2.05) is 12.1 Å². The van der Waals surface area contributed by atoms with Crippen molar-refractivity contribution in [2.45, 2.75) is 26.7 Å². The lowest BCUT2D eigenvalue weighted by Crippen LogP contribution is -2.33. The molecule has 1 amide bonds. The number of anilines is 1. The second-order valence-electron chi connectivity index (χ2n) is 4.29. The predicted molar refractivity (Wildman–Crippen MR) is 70.5 cm³/mol. The first-order valence-corrected chi connectivity index (χ1v) is 6.41. The number of fused-ring (bicyclic) bond motifs is 1. The van der Waals surface area contributed by atoms with Crippen molar-refractivity contribution in [3.8, 4) is 0 Å². The Labute approximate surface area is 109 Å². The van der Waals surface area contributed by atoms with E-state index in [1.54, 1.807) is 11.8 Å². The molecule has 0 fully saturated rings. The smallest absolute Gasteiger partial charge is 0.223 e. The molecule has 1 aliphatic heterocycles. The number of halogens is 1. The molecule has 17 heavy (non-hydrogen) atoms. The minimum atomic E-state index is 0.00810. The van der Waals surface area contributed by atoms with Crippen LogP contribution in [0.1, 0.15) is 36.2 Å². The zero-order chi connectivity index (χ0) is 12.6. The molecular formula is C13H14BrNO2. The van der Waals surface area contributed by atoms with Crippen molar-refractivity contribution in [1.29, 1.82) is 0 Å². The molecular weight excluding hydrogens is 282 g/mol. The van der Waals surface area contributed by atoms with E-state index in [9.17, 15) is 9.59 Å². The van der Waals surface area contributed by atoms with Crippen molar-refractivity contribution in [2.75, 3.05) is 11.4 Å². The average Bonchev–Trinajstić information content (AvgIpc) is 2.26. The van der Waals surface area contributed by atoms with Gasteiger partial charge in [-0.05, 0) is 37.5 Å². The second-order valence-corrected chi connectivity index (χ2v) is 5.15. The fourth-order valence-corrected chi connectivity index (χ4v) is 2.87. The zero-order valence-electron chi connectivity index (χ0n) is 9.92. The summed E-state index contributed by atoms with van der Waals surface area (Å²) in [4.78, 5) is 24.8. The molecule has 0 bridgehead atoms. The van der Waals surface area contributed by atoms with Gasteiger partial charge in [0, 0.05) is 29.2 Å². The Morgan fingerprint density at radius 1 is 1.29 bits per heavy atom. The third-order valence-electron chi connectivity index (χ3n) is 3.05. The summed E-state index contributed by atoms with van der Waals surface area (Å²) < 4.78 is 0.814. The molecule has 0 saturated heterocycles. The molecule has 1 aromatic rings. The third kappa shape index (κ3) is 2.27. The summed E-state index contributed by atoms with van der Waals surface area (Å²) in [5, 5.41) is 0. The molecule has 0 aromatic heterocycles. The van der Waals surface area contributed by atoms with Crippen LogP contribution in [0, 0.1) is 0 Å². The minimum Gasteiger partial charge on any atom is -0.312 e. The summed E-state index contributed by atoms with van der Waals surface area (Å²) in [7, 11) is 0. The third-order valence-corrected chi connectivity index (χ3v) is 3.70. The maximum Gasteiger partial charge on any atom is 0.223 e. The van der Waals surface area contributed by atoms with Crippen molar-refractivity contribution >= 4 is 33.3 Å². The summed E-state index contributed by atoms with van der Waals surface area (Å²) in [5.41, 5.74) is 2.65. The predicted octanol–water partition coefficient (Wildman–Crippen LogP) is 2.95. The summed E-state index contributed by atoms with van der Waals surface area (Å²) >= 11 is 3.41. The van der Waals surface area contributed by atoms with E-state index >= 15 is 0 Å². The first-order chi connectivity index (χ1) is 8.00. The number of benzene rings is 1. The van der Waals surface area contributed by atoms with E-state index in [2.05, 4.69) is 15.9 Å². The molecule has 2 rings (SSSR count). The lowest BCUT2D eigenvalue weighted by molar-refractivity contribution is -0.116. The van der Waals surface area contributed by atoms with Gasteiger partial charge in [0.25, 0.3) is 0 Å². The van der Waals surface area contributed by atoms with Crippen LogP contribution in [0.15, 0.2) is 16.6 Å². The van der Waals surface area contributed by atoms with Crippen molar-refractivity contribution < 1.29 is 9.59 Å². The maximum atomic E-state index is 11.6. The van der Waals surface area contributed by atoms with Crippen molar-refractivity contribution in [1.82, 2.24) is 0 Å². The van der Waals surface area contributed by atoms with Gasteiger partial charge in [0.2, 0.25) is 5.91 Å². The highest BCUT2D eigenvalue weighted by molar-refractivity contribution is 9.10. The number of carbonyl (C=O) groups is 2. The quantitative estimate of drug-likeness (QED) is 0.747. The number of Topliss-reactive ketones (excluding diaryl/α,β-unsaturated/α-hetero) is 1. The minimum absolute atomic E-state index is 0.00810. The maximum absolute atomic E-state index is 11.6. The standard InChI is InChI=1S/C13H14BrNO2/c1-8(16)11-7-13-10(6-12(11)14)4-3-5-15(13)9(2)17/h6-7H,3-5H2,1-2H3. The van der Waals surface area contributed by atoms with Crippen molar-refractivity contribution in [2.24, 2.45) is 0 Å². The highest BCUT2D eigenvalue weighted by Crippen LogP contribution is 2.32. The molecule has 0 radical (unpaired) electrons. The normalized spacial score (nSPS) is 14.4. The Bertz CT molecular complexity index is 496. The van der Waals surface area contributed by atoms with Gasteiger partial charge < -0.3 is 4.90 Å². The van der Waals surface area contributed by atoms with Gasteiger partial charge in [-0.25, -0.2) is 0 Å². The summed E-state index contributed by atoms with van der Waals surface area (Å²) in [6, 6.07) is 3.78. The van der Waals surface area contributed by atoms with E-state index in [-0.39, 0.29) is 11.7 Å². The second kappa shape index (κ2) is 4.61. The van der Waals surface area contributed by atoms with Crippen LogP contribution in [0.3, 0.4) is 0 Å². The zero-order valence-corrected chi connectivity index (χ0v) is 11.5. The number of carbonyl (C=O) groups excluding carboxylic acids is 2. The molecule has 0 N–H and O–H groups in total. The lowest BCUT2D eigenvalue weighted by atomic mass is 9.98. The Hall–Kier alpha value is -1.16. The first kappa shape index (κ1) is 12.3. The Kier molecular flexibility index (Phi) is 3.33. The highest BCUT2D eigenvalue weighted by Gasteiger charge is 2.22. The van der Waals surface area contributed by atoms with E-state index in [0.29, 0.717) is 5.56 Å². The van der Waals surface area contributed by atoms with E-state index in [1.165, 1.54) is 6.92 Å². The Balaban J connectivity index is 2.56. The molecule has 0 spiro atoms. The van der Waals surface area contributed by atoms with Crippen molar-refractivity contribution in [3.63, 3.8) is 0 Å². The number of amides is 1. The molecule has 3 nitrogen and oxygen atoms in total. The van der Waals surface area contributed by atoms with Gasteiger partial charge in [-0.3, -0.25) is 9.59 Å².